The molecule has 1 aliphatic heterocycles. The molecule has 1 amide bonds. The van der Waals surface area contributed by atoms with E-state index in [4.69, 9.17) is 0 Å². The van der Waals surface area contributed by atoms with E-state index in [0.29, 0.717) is 12.0 Å². The highest BCUT2D eigenvalue weighted by molar-refractivity contribution is 6.04. The second-order valence-corrected chi connectivity index (χ2v) is 6.40. The molecule has 0 saturated heterocycles. The molecule has 1 atom stereocenters. The smallest absolute Gasteiger partial charge is 0.258 e. The van der Waals surface area contributed by atoms with E-state index in [1.165, 1.54) is 24.0 Å². The molecule has 2 aromatic carbocycles. The van der Waals surface area contributed by atoms with Gasteiger partial charge >= 0.3 is 0 Å². The molecule has 0 saturated carbocycles. The normalized spacial score (nSPS) is 15.5. The van der Waals surface area contributed by atoms with Crippen molar-refractivity contribution in [2.75, 3.05) is 10.2 Å². The van der Waals surface area contributed by atoms with Crippen LogP contribution in [0, 0.1) is 11.6 Å². The van der Waals surface area contributed by atoms with Gasteiger partial charge in [0.1, 0.15) is 11.6 Å². The molecule has 0 bridgehead atoms. The molecule has 0 radical (unpaired) electrons. The fraction of sp³-hybridized carbons (Fsp3) is 0.150. The van der Waals surface area contributed by atoms with Crippen molar-refractivity contribution in [2.45, 2.75) is 19.4 Å². The maximum absolute atomic E-state index is 13.7. The summed E-state index contributed by atoms with van der Waals surface area (Å²) in [6.07, 6.45) is 3.69. The van der Waals surface area contributed by atoms with Crippen molar-refractivity contribution < 1.29 is 13.6 Å². The van der Waals surface area contributed by atoms with Gasteiger partial charge in [0.2, 0.25) is 5.95 Å². The summed E-state index contributed by atoms with van der Waals surface area (Å²) in [4.78, 5) is 22.9. The number of carbonyl (C=O) groups is 1. The molecule has 7 heteroatoms. The predicted molar refractivity (Wildman–Crippen MR) is 98.1 cm³/mol. The number of aromatic nitrogens is 2. The van der Waals surface area contributed by atoms with Crippen LogP contribution in [0.3, 0.4) is 0 Å². The van der Waals surface area contributed by atoms with Crippen molar-refractivity contribution in [3.63, 3.8) is 0 Å². The number of rotatable bonds is 3. The molecule has 5 nitrogen and oxygen atoms in total. The number of benzene rings is 2. The van der Waals surface area contributed by atoms with Crippen molar-refractivity contribution in [2.24, 2.45) is 0 Å². The van der Waals surface area contributed by atoms with Gasteiger partial charge in [-0.1, -0.05) is 18.2 Å². The Kier molecular flexibility index (Phi) is 4.27. The van der Waals surface area contributed by atoms with E-state index in [2.05, 4.69) is 28.3 Å². The molecule has 1 unspecified atom stereocenters. The van der Waals surface area contributed by atoms with Crippen LogP contribution in [-0.4, -0.2) is 21.9 Å². The van der Waals surface area contributed by atoms with Gasteiger partial charge in [0.15, 0.2) is 0 Å². The number of amides is 1. The number of nitrogens with one attached hydrogen (secondary N) is 1. The zero-order chi connectivity index (χ0) is 19.0. The second-order valence-electron chi connectivity index (χ2n) is 6.40. The third-order valence-electron chi connectivity index (χ3n) is 4.50. The summed E-state index contributed by atoms with van der Waals surface area (Å²) in [7, 11) is 0. The maximum Gasteiger partial charge on any atom is 0.258 e. The summed E-state index contributed by atoms with van der Waals surface area (Å²) in [5.41, 5.74) is 2.35. The number of halogens is 2. The summed E-state index contributed by atoms with van der Waals surface area (Å²) in [6, 6.07) is 11.2. The first-order valence-electron chi connectivity index (χ1n) is 8.48. The summed E-state index contributed by atoms with van der Waals surface area (Å²) < 4.78 is 26.6. The molecule has 1 aliphatic rings. The Morgan fingerprint density at radius 3 is 2.63 bits per heavy atom. The van der Waals surface area contributed by atoms with Crippen LogP contribution in [0.1, 0.15) is 22.8 Å². The summed E-state index contributed by atoms with van der Waals surface area (Å²) >= 11 is 0. The minimum Gasteiger partial charge on any atom is -0.319 e. The maximum atomic E-state index is 13.7. The average molecular weight is 366 g/mol. The van der Waals surface area contributed by atoms with Crippen LogP contribution < -0.4 is 10.2 Å². The number of hydrogen-bond acceptors (Lipinski definition) is 4. The fourth-order valence-corrected chi connectivity index (χ4v) is 3.22. The standard InChI is InChI=1S/C20H16F2N4O/c1-12-8-13-4-2-3-5-18(13)26(12)20-23-10-14(11-24-20)19(27)25-17-7-6-15(21)9-16(17)22/h2-7,9-12H,8H2,1H3,(H,25,27). The Morgan fingerprint density at radius 1 is 1.15 bits per heavy atom. The van der Waals surface area contributed by atoms with E-state index in [1.807, 2.05) is 23.1 Å². The van der Waals surface area contributed by atoms with Gasteiger partial charge in [-0.15, -0.1) is 0 Å². The van der Waals surface area contributed by atoms with E-state index in [1.54, 1.807) is 0 Å². The Morgan fingerprint density at radius 2 is 1.89 bits per heavy atom. The first-order chi connectivity index (χ1) is 13.0. The first-order valence-corrected chi connectivity index (χ1v) is 8.48. The Balaban J connectivity index is 1.55. The van der Waals surface area contributed by atoms with Crippen molar-refractivity contribution in [3.8, 4) is 0 Å². The van der Waals surface area contributed by atoms with Gasteiger partial charge in [-0.3, -0.25) is 4.79 Å². The second kappa shape index (κ2) is 6.75. The third kappa shape index (κ3) is 3.23. The molecule has 2 heterocycles. The molecule has 27 heavy (non-hydrogen) atoms. The van der Waals surface area contributed by atoms with Crippen LogP contribution in [0.15, 0.2) is 54.9 Å². The van der Waals surface area contributed by atoms with Crippen LogP contribution in [0.25, 0.3) is 0 Å². The fourth-order valence-electron chi connectivity index (χ4n) is 3.22. The predicted octanol–water partition coefficient (Wildman–Crippen LogP) is 4.09. The lowest BCUT2D eigenvalue weighted by Gasteiger charge is -2.22. The highest BCUT2D eigenvalue weighted by atomic mass is 19.1. The molecular formula is C20H16F2N4O. The minimum absolute atomic E-state index is 0.104. The van der Waals surface area contributed by atoms with Crippen LogP contribution in [0.2, 0.25) is 0 Å². The van der Waals surface area contributed by atoms with Crippen LogP contribution in [0.5, 0.6) is 0 Å². The molecule has 1 N–H and O–H groups in total. The topological polar surface area (TPSA) is 58.1 Å². The highest BCUT2D eigenvalue weighted by Crippen LogP contribution is 2.36. The van der Waals surface area contributed by atoms with E-state index in [9.17, 15) is 13.6 Å². The van der Waals surface area contributed by atoms with Crippen molar-refractivity contribution in [3.05, 3.63) is 77.6 Å². The molecule has 136 valence electrons. The molecule has 0 fully saturated rings. The zero-order valence-corrected chi connectivity index (χ0v) is 14.5. The molecule has 1 aromatic heterocycles. The van der Waals surface area contributed by atoms with Gasteiger partial charge in [0, 0.05) is 30.2 Å². The summed E-state index contributed by atoms with van der Waals surface area (Å²) in [6.45, 7) is 2.08. The molecular weight excluding hydrogens is 350 g/mol. The lowest BCUT2D eigenvalue weighted by molar-refractivity contribution is 0.102. The molecule has 0 spiro atoms. The van der Waals surface area contributed by atoms with Crippen molar-refractivity contribution in [1.82, 2.24) is 9.97 Å². The number of carbonyl (C=O) groups excluding carboxylic acids is 1. The first kappa shape index (κ1) is 17.1. The van der Waals surface area contributed by atoms with Crippen LogP contribution in [-0.2, 0) is 6.42 Å². The van der Waals surface area contributed by atoms with Gasteiger partial charge in [-0.25, -0.2) is 18.7 Å². The molecule has 4 rings (SSSR count). The van der Waals surface area contributed by atoms with E-state index >= 15 is 0 Å². The number of para-hydroxylation sites is 1. The minimum atomic E-state index is -0.844. The van der Waals surface area contributed by atoms with Gasteiger partial charge in [0.05, 0.1) is 11.3 Å². The molecule has 0 aliphatic carbocycles. The Hall–Kier alpha value is -3.35. The Bertz CT molecular complexity index is 1010. The quantitative estimate of drug-likeness (QED) is 0.759. The lowest BCUT2D eigenvalue weighted by Crippen LogP contribution is -2.26. The van der Waals surface area contributed by atoms with Gasteiger partial charge < -0.3 is 10.2 Å². The SMILES string of the molecule is CC1Cc2ccccc2N1c1ncc(C(=O)Nc2ccc(F)cc2F)cn1. The monoisotopic (exact) mass is 366 g/mol. The van der Waals surface area contributed by atoms with E-state index in [0.717, 1.165) is 18.2 Å². The summed E-state index contributed by atoms with van der Waals surface area (Å²) in [5.74, 6) is -1.62. The molecule has 3 aromatic rings. The lowest BCUT2D eigenvalue weighted by atomic mass is 10.1. The van der Waals surface area contributed by atoms with Crippen LogP contribution in [0.4, 0.5) is 26.1 Å². The Labute approximate surface area is 154 Å². The third-order valence-corrected chi connectivity index (χ3v) is 4.50. The number of fused-ring (bicyclic) bond motifs is 1. The number of nitrogens with zero attached hydrogens (tertiary/aromatic N) is 3. The average Bonchev–Trinajstić information content (AvgIpc) is 3.00. The van der Waals surface area contributed by atoms with Crippen LogP contribution >= 0.6 is 0 Å². The number of hydrogen-bond donors (Lipinski definition) is 1. The number of anilines is 3. The van der Waals surface area contributed by atoms with E-state index in [-0.39, 0.29) is 17.3 Å². The summed E-state index contributed by atoms with van der Waals surface area (Å²) in [5, 5.41) is 2.39. The van der Waals surface area contributed by atoms with Gasteiger partial charge in [0.25, 0.3) is 5.91 Å². The largest absolute Gasteiger partial charge is 0.319 e. The van der Waals surface area contributed by atoms with Crippen molar-refractivity contribution in [1.29, 1.82) is 0 Å². The van der Waals surface area contributed by atoms with Crippen molar-refractivity contribution >= 4 is 23.2 Å². The van der Waals surface area contributed by atoms with E-state index < -0.39 is 17.5 Å². The highest BCUT2D eigenvalue weighted by Gasteiger charge is 2.28. The van der Waals surface area contributed by atoms with Gasteiger partial charge in [-0.05, 0) is 37.1 Å². The zero-order valence-electron chi connectivity index (χ0n) is 14.5. The van der Waals surface area contributed by atoms with Gasteiger partial charge in [-0.2, -0.15) is 0 Å².